The van der Waals surface area contributed by atoms with Gasteiger partial charge in [-0.2, -0.15) is 39.1 Å². The van der Waals surface area contributed by atoms with Gasteiger partial charge in [-0.25, -0.2) is 17.6 Å². The Balaban J connectivity index is 1.59. The molecule has 0 saturated carbocycles. The van der Waals surface area contributed by atoms with Crippen LogP contribution in [0.1, 0.15) is 17.8 Å². The zero-order chi connectivity index (χ0) is 35.9. The average molecular weight is 737 g/mol. The number of imidazole rings is 1. The lowest BCUT2D eigenvalue weighted by Gasteiger charge is -2.25. The van der Waals surface area contributed by atoms with E-state index in [0.717, 1.165) is 16.7 Å². The quantitative estimate of drug-likeness (QED) is 0.182. The minimum absolute atomic E-state index is 0.00558. The van der Waals surface area contributed by atoms with Gasteiger partial charge in [-0.3, -0.25) is 4.55 Å². The summed E-state index contributed by atoms with van der Waals surface area (Å²) in [4.78, 5) is 2.63. The number of anilines is 2. The molecule has 1 N–H and O–H groups in total. The summed E-state index contributed by atoms with van der Waals surface area (Å²) in [7, 11) is -6.93. The highest BCUT2D eigenvalue weighted by Gasteiger charge is 2.38. The van der Waals surface area contributed by atoms with E-state index in [1.54, 1.807) is 0 Å². The van der Waals surface area contributed by atoms with Crippen LogP contribution >= 0.6 is 0 Å². The topological polar surface area (TPSA) is 116 Å². The van der Waals surface area contributed by atoms with Gasteiger partial charge in [-0.15, -0.1) is 0 Å². The smallest absolute Gasteiger partial charge is 0.379 e. The molecule has 3 aromatic rings. The summed E-state index contributed by atoms with van der Waals surface area (Å²) < 4.78 is 150. The molecule has 0 spiro atoms. The fraction of sp³-hybridized carbons (Fsp3) is 0.367. The number of aromatic nitrogens is 2. The van der Waals surface area contributed by atoms with Gasteiger partial charge in [0.05, 0.1) is 47.8 Å². The van der Waals surface area contributed by atoms with Crippen molar-refractivity contribution in [3.63, 3.8) is 0 Å². The Bertz CT molecular complexity index is 2040. The minimum Gasteiger partial charge on any atom is -0.379 e. The van der Waals surface area contributed by atoms with Crippen LogP contribution in [0.15, 0.2) is 72.0 Å². The van der Waals surface area contributed by atoms with Crippen LogP contribution in [0.3, 0.4) is 0 Å². The first-order valence-electron chi connectivity index (χ1n) is 14.7. The Morgan fingerprint density at radius 1 is 1.00 bits per heavy atom. The maximum absolute atomic E-state index is 13.9. The van der Waals surface area contributed by atoms with Crippen molar-refractivity contribution >= 4 is 48.6 Å². The molecule has 3 heterocycles. The molecular weight excluding hydrogens is 704 g/mol. The van der Waals surface area contributed by atoms with Gasteiger partial charge in [-0.05, 0) is 42.8 Å². The highest BCUT2D eigenvalue weighted by Crippen LogP contribution is 2.45. The van der Waals surface area contributed by atoms with E-state index < -0.39 is 50.4 Å². The number of fused-ring (bicyclic) bond motifs is 2. The zero-order valence-corrected chi connectivity index (χ0v) is 27.6. The van der Waals surface area contributed by atoms with Gasteiger partial charge in [0.1, 0.15) is 5.82 Å². The molecule has 2 aliphatic rings. The van der Waals surface area contributed by atoms with Gasteiger partial charge in [0, 0.05) is 38.0 Å². The van der Waals surface area contributed by atoms with Crippen molar-refractivity contribution in [3.8, 4) is 0 Å². The number of ether oxygens (including phenoxy) is 1. The van der Waals surface area contributed by atoms with Gasteiger partial charge in [0.2, 0.25) is 10.0 Å². The normalized spacial score (nSPS) is 17.5. The second-order valence-electron chi connectivity index (χ2n) is 11.2. The number of hydrogen-bond acceptors (Lipinski definition) is 7. The fourth-order valence-electron chi connectivity index (χ4n) is 5.79. The van der Waals surface area contributed by atoms with Crippen molar-refractivity contribution in [1.29, 1.82) is 0 Å². The van der Waals surface area contributed by atoms with Crippen molar-refractivity contribution < 1.29 is 57.0 Å². The van der Waals surface area contributed by atoms with Crippen LogP contribution in [-0.4, -0.2) is 75.0 Å². The van der Waals surface area contributed by atoms with Gasteiger partial charge in [0.15, 0.2) is 17.6 Å². The van der Waals surface area contributed by atoms with Crippen LogP contribution in [0.4, 0.5) is 37.7 Å². The van der Waals surface area contributed by atoms with Crippen LogP contribution in [0.5, 0.6) is 0 Å². The van der Waals surface area contributed by atoms with E-state index in [2.05, 4.69) is 6.58 Å². The molecule has 2 aliphatic heterocycles. The zero-order valence-electron chi connectivity index (χ0n) is 25.9. The van der Waals surface area contributed by atoms with E-state index >= 15 is 0 Å². The third kappa shape index (κ3) is 7.80. The van der Waals surface area contributed by atoms with E-state index in [1.807, 2.05) is 0 Å². The van der Waals surface area contributed by atoms with Crippen molar-refractivity contribution in [2.45, 2.75) is 30.2 Å². The van der Waals surface area contributed by atoms with Gasteiger partial charge >= 0.3 is 12.4 Å². The Morgan fingerprint density at radius 2 is 1.69 bits per heavy atom. The molecule has 266 valence electrons. The summed E-state index contributed by atoms with van der Waals surface area (Å²) in [5, 5.41) is 0. The highest BCUT2D eigenvalue weighted by atomic mass is 32.2. The molecule has 0 aliphatic carbocycles. The Morgan fingerprint density at radius 3 is 2.31 bits per heavy atom. The second kappa shape index (κ2) is 13.4. The van der Waals surface area contributed by atoms with E-state index in [4.69, 9.17) is 4.74 Å². The maximum atomic E-state index is 13.9. The Hall–Kier alpha value is -3.91. The fourth-order valence-corrected chi connectivity index (χ4v) is 7.72. The third-order valence-electron chi connectivity index (χ3n) is 8.00. The van der Waals surface area contributed by atoms with Crippen LogP contribution in [0.2, 0.25) is 0 Å². The van der Waals surface area contributed by atoms with E-state index in [0.29, 0.717) is 5.52 Å². The highest BCUT2D eigenvalue weighted by molar-refractivity contribution is 7.89. The van der Waals surface area contributed by atoms with Crippen LogP contribution in [0, 0.1) is 0 Å². The number of aryl methyl sites for hydroxylation is 1. The number of alkyl halides is 6. The molecule has 5 rings (SSSR count). The monoisotopic (exact) mass is 736 g/mol. The first-order chi connectivity index (χ1) is 22.8. The summed E-state index contributed by atoms with van der Waals surface area (Å²) in [5.41, 5.74) is -0.333. The maximum Gasteiger partial charge on any atom is 0.426 e. The lowest BCUT2D eigenvalue weighted by atomic mass is 10.1. The van der Waals surface area contributed by atoms with E-state index in [9.17, 15) is 47.7 Å². The Labute approximate surface area is 278 Å². The molecule has 0 unspecified atom stereocenters. The van der Waals surface area contributed by atoms with Crippen LogP contribution in [-0.2, 0) is 44.6 Å². The van der Waals surface area contributed by atoms with Crippen LogP contribution in [0.25, 0.3) is 17.1 Å². The van der Waals surface area contributed by atoms with Crippen molar-refractivity contribution in [1.82, 2.24) is 8.87 Å². The molecule has 0 atom stereocenters. The number of nitrogens with zero attached hydrogens (tertiary/aromatic N) is 5. The molecule has 0 amide bonds. The van der Waals surface area contributed by atoms with E-state index in [1.165, 1.54) is 74.4 Å². The molecule has 2 aromatic carbocycles. The molecule has 19 heteroatoms. The molecular formula is C30H32F6N5O6S2+. The largest absolute Gasteiger partial charge is 0.426 e. The van der Waals surface area contributed by atoms with Crippen molar-refractivity contribution in [2.24, 2.45) is 7.05 Å². The van der Waals surface area contributed by atoms with E-state index in [-0.39, 0.29) is 72.7 Å². The molecule has 0 radical (unpaired) electrons. The molecule has 1 saturated heterocycles. The number of rotatable bonds is 10. The number of benzene rings is 2. The predicted molar refractivity (Wildman–Crippen MR) is 168 cm³/mol. The van der Waals surface area contributed by atoms with Gasteiger partial charge in [-0.1, -0.05) is 12.7 Å². The minimum atomic E-state index is -4.70. The lowest BCUT2D eigenvalue weighted by molar-refractivity contribution is -0.647. The summed E-state index contributed by atoms with van der Waals surface area (Å²) in [5.74, 6) is -0.454. The molecule has 0 bridgehead atoms. The molecule has 11 nitrogen and oxygen atoms in total. The lowest BCUT2D eigenvalue weighted by Crippen LogP contribution is -2.40. The standard InChI is InChI=1S/C30H31F6N5O6S2/c1-3-39-24-10-8-21(30(34,35)36)18-25(24)40(12-5-17-48(42,43)44)28(39)7-4-6-27-37(2)23-11-9-22(19-26(23)41(27)20-29(31,32)33)49(45,46)38-13-15-47-16-14-38/h3-4,6-11,18-19H,1,5,12-17,20H2,2H3/p+1. The summed E-state index contributed by atoms with van der Waals surface area (Å²) in [6, 6.07) is 6.88. The number of halogens is 6. The predicted octanol–water partition coefficient (Wildman–Crippen LogP) is 4.67. The van der Waals surface area contributed by atoms with Crippen molar-refractivity contribution in [2.75, 3.05) is 48.4 Å². The molecule has 1 aromatic heterocycles. The second-order valence-corrected chi connectivity index (χ2v) is 14.7. The number of sulfonamides is 1. The van der Waals surface area contributed by atoms with Crippen molar-refractivity contribution in [3.05, 3.63) is 78.5 Å². The third-order valence-corrected chi connectivity index (χ3v) is 10.7. The SMILES string of the molecule is C=CN1/C(=C\C=C\c2n(CC(F)(F)F)c3cc(S(=O)(=O)N4CCOCC4)ccc3[n+]2C)N(CCCS(=O)(=O)O)c2cc(C(F)(F)F)ccc21. The molecule has 1 fully saturated rings. The summed E-state index contributed by atoms with van der Waals surface area (Å²) in [6.07, 6.45) is -4.15. The number of hydrogen-bond donors (Lipinski definition) is 1. The van der Waals surface area contributed by atoms with Gasteiger partial charge in [0.25, 0.3) is 15.9 Å². The molecule has 49 heavy (non-hydrogen) atoms. The Kier molecular flexibility index (Phi) is 9.97. The summed E-state index contributed by atoms with van der Waals surface area (Å²) in [6.45, 7) is 2.66. The average Bonchev–Trinajstić information content (AvgIpc) is 3.45. The first-order valence-corrected chi connectivity index (χ1v) is 17.8. The summed E-state index contributed by atoms with van der Waals surface area (Å²) >= 11 is 0. The van der Waals surface area contributed by atoms with Crippen LogP contribution < -0.4 is 14.4 Å². The number of allylic oxidation sites excluding steroid dienone is 2. The van der Waals surface area contributed by atoms with Gasteiger partial charge < -0.3 is 14.5 Å². The number of morpholine rings is 1. The first kappa shape index (κ1) is 36.4.